The Balaban J connectivity index is 2.72. The summed E-state index contributed by atoms with van der Waals surface area (Å²) in [5.74, 6) is -0.714. The second kappa shape index (κ2) is 5.63. The summed E-state index contributed by atoms with van der Waals surface area (Å²) in [7, 11) is 0. The first-order chi connectivity index (χ1) is 7.54. The van der Waals surface area contributed by atoms with E-state index in [9.17, 15) is 9.59 Å². The maximum atomic E-state index is 11.2. The van der Waals surface area contributed by atoms with E-state index in [1.54, 1.807) is 24.3 Å². The molecule has 1 rings (SSSR count). The highest BCUT2D eigenvalue weighted by Gasteiger charge is 2.10. The molecule has 0 heterocycles. The predicted octanol–water partition coefficient (Wildman–Crippen LogP) is 0.463. The highest BCUT2D eigenvalue weighted by atomic mass is 35.5. The van der Waals surface area contributed by atoms with E-state index in [2.05, 4.69) is 0 Å². The maximum Gasteiger partial charge on any atom is 0.234 e. The van der Waals surface area contributed by atoms with E-state index >= 15 is 0 Å². The van der Waals surface area contributed by atoms with Crippen molar-refractivity contribution in [1.82, 2.24) is 0 Å². The lowest BCUT2D eigenvalue weighted by molar-refractivity contribution is -0.119. The van der Waals surface area contributed by atoms with Gasteiger partial charge in [0.1, 0.15) is 0 Å². The van der Waals surface area contributed by atoms with Gasteiger partial charge in [-0.15, -0.1) is 11.6 Å². The van der Waals surface area contributed by atoms with Crippen molar-refractivity contribution < 1.29 is 9.59 Å². The van der Waals surface area contributed by atoms with Crippen molar-refractivity contribution >= 4 is 23.3 Å². The third-order valence-corrected chi connectivity index (χ3v) is 2.46. The Labute approximate surface area is 98.6 Å². The molecule has 0 fully saturated rings. The predicted molar refractivity (Wildman–Crippen MR) is 62.4 cm³/mol. The Kier molecular flexibility index (Phi) is 4.46. The van der Waals surface area contributed by atoms with Crippen molar-refractivity contribution in [3.8, 4) is 0 Å². The van der Waals surface area contributed by atoms with Gasteiger partial charge in [-0.1, -0.05) is 24.3 Å². The minimum Gasteiger partial charge on any atom is -0.368 e. The van der Waals surface area contributed by atoms with Crippen molar-refractivity contribution in [2.75, 3.05) is 5.88 Å². The summed E-state index contributed by atoms with van der Waals surface area (Å²) in [5, 5.41) is 0. The Hall–Kier alpha value is -1.39. The van der Waals surface area contributed by atoms with Crippen molar-refractivity contribution in [3.05, 3.63) is 35.4 Å². The summed E-state index contributed by atoms with van der Waals surface area (Å²) in [6, 6.07) is 6.10. The average Bonchev–Trinajstić information content (AvgIpc) is 2.28. The van der Waals surface area contributed by atoms with Gasteiger partial charge in [0.2, 0.25) is 5.91 Å². The molecule has 0 unspecified atom stereocenters. The summed E-state index contributed by atoms with van der Waals surface area (Å²) >= 11 is 5.42. The van der Waals surface area contributed by atoms with Crippen LogP contribution in [-0.2, 0) is 11.2 Å². The van der Waals surface area contributed by atoms with Crippen LogP contribution in [0.1, 0.15) is 15.9 Å². The molecule has 0 aliphatic heterocycles. The van der Waals surface area contributed by atoms with E-state index in [1.165, 1.54) is 0 Å². The van der Waals surface area contributed by atoms with E-state index in [1.807, 2.05) is 0 Å². The zero-order valence-corrected chi connectivity index (χ0v) is 9.41. The fraction of sp³-hybridized carbons (Fsp3) is 0.273. The third kappa shape index (κ3) is 3.32. The van der Waals surface area contributed by atoms with Gasteiger partial charge in [-0.3, -0.25) is 9.59 Å². The number of primary amides is 1. The van der Waals surface area contributed by atoms with Gasteiger partial charge in [-0.25, -0.2) is 0 Å². The Morgan fingerprint density at radius 3 is 2.25 bits per heavy atom. The molecule has 1 amide bonds. The Morgan fingerprint density at radius 1 is 1.25 bits per heavy atom. The molecular formula is C11H13ClN2O2. The van der Waals surface area contributed by atoms with Crippen LogP contribution in [0.3, 0.4) is 0 Å². The molecule has 0 aromatic heterocycles. The van der Waals surface area contributed by atoms with E-state index in [0.717, 1.165) is 5.56 Å². The van der Waals surface area contributed by atoms with Crippen LogP contribution in [0.4, 0.5) is 0 Å². The minimum absolute atomic E-state index is 0.0415. The average molecular weight is 241 g/mol. The molecule has 0 radical (unpaired) electrons. The first-order valence-corrected chi connectivity index (χ1v) is 5.31. The van der Waals surface area contributed by atoms with Crippen LogP contribution in [0.25, 0.3) is 0 Å². The quantitative estimate of drug-likeness (QED) is 0.579. The number of carbonyl (C=O) groups excluding carboxylic acids is 2. The molecular weight excluding hydrogens is 228 g/mol. The molecule has 0 spiro atoms. The number of carbonyl (C=O) groups is 2. The van der Waals surface area contributed by atoms with Gasteiger partial charge >= 0.3 is 0 Å². The maximum absolute atomic E-state index is 11.2. The molecule has 86 valence electrons. The highest BCUT2D eigenvalue weighted by Crippen LogP contribution is 2.07. The molecule has 16 heavy (non-hydrogen) atoms. The van der Waals surface area contributed by atoms with Crippen LogP contribution in [-0.4, -0.2) is 23.6 Å². The number of alkyl halides is 1. The van der Waals surface area contributed by atoms with E-state index in [4.69, 9.17) is 23.1 Å². The van der Waals surface area contributed by atoms with Crippen molar-refractivity contribution in [3.63, 3.8) is 0 Å². The van der Waals surface area contributed by atoms with Gasteiger partial charge in [-0.2, -0.15) is 0 Å². The summed E-state index contributed by atoms with van der Waals surface area (Å²) in [5.41, 5.74) is 12.0. The SMILES string of the molecule is NC(=O)[C@@H](N)Cc1ccc(C(=O)CCl)cc1. The van der Waals surface area contributed by atoms with Crippen LogP contribution < -0.4 is 11.5 Å². The zero-order chi connectivity index (χ0) is 12.1. The van der Waals surface area contributed by atoms with E-state index in [-0.39, 0.29) is 11.7 Å². The first-order valence-electron chi connectivity index (χ1n) is 4.77. The Bertz CT molecular complexity index is 389. The van der Waals surface area contributed by atoms with E-state index < -0.39 is 11.9 Å². The van der Waals surface area contributed by atoms with Crippen LogP contribution >= 0.6 is 11.6 Å². The lowest BCUT2D eigenvalue weighted by Gasteiger charge is -2.07. The lowest BCUT2D eigenvalue weighted by atomic mass is 10.0. The largest absolute Gasteiger partial charge is 0.368 e. The molecule has 4 nitrogen and oxygen atoms in total. The number of hydrogen-bond donors (Lipinski definition) is 2. The monoisotopic (exact) mass is 240 g/mol. The second-order valence-corrected chi connectivity index (χ2v) is 3.73. The summed E-state index contributed by atoms with van der Waals surface area (Å²) in [4.78, 5) is 22.0. The smallest absolute Gasteiger partial charge is 0.234 e. The van der Waals surface area contributed by atoms with Crippen LogP contribution in [0.15, 0.2) is 24.3 Å². The van der Waals surface area contributed by atoms with Crippen LogP contribution in [0.2, 0.25) is 0 Å². The van der Waals surface area contributed by atoms with Crippen molar-refractivity contribution in [1.29, 1.82) is 0 Å². The van der Waals surface area contributed by atoms with Crippen molar-refractivity contribution in [2.24, 2.45) is 11.5 Å². The number of nitrogens with two attached hydrogens (primary N) is 2. The fourth-order valence-electron chi connectivity index (χ4n) is 1.26. The van der Waals surface area contributed by atoms with Gasteiger partial charge < -0.3 is 11.5 Å². The molecule has 0 saturated heterocycles. The molecule has 0 aliphatic rings. The first kappa shape index (κ1) is 12.7. The van der Waals surface area contributed by atoms with Gasteiger partial charge in [0.05, 0.1) is 11.9 Å². The number of ketones is 1. The van der Waals surface area contributed by atoms with Crippen LogP contribution in [0, 0.1) is 0 Å². The molecule has 1 atom stereocenters. The number of rotatable bonds is 5. The fourth-order valence-corrected chi connectivity index (χ4v) is 1.41. The lowest BCUT2D eigenvalue weighted by Crippen LogP contribution is -2.38. The molecule has 0 bridgehead atoms. The number of Topliss-reactive ketones (excluding diaryl/α,β-unsaturated/α-hetero) is 1. The molecule has 1 aromatic rings. The van der Waals surface area contributed by atoms with Gasteiger partial charge in [-0.05, 0) is 12.0 Å². The molecule has 1 aromatic carbocycles. The zero-order valence-electron chi connectivity index (χ0n) is 8.65. The standard InChI is InChI=1S/C11H13ClN2O2/c12-6-10(15)8-3-1-7(2-4-8)5-9(13)11(14)16/h1-4,9H,5-6,13H2,(H2,14,16)/t9-/m0/s1. The Morgan fingerprint density at radius 2 is 1.81 bits per heavy atom. The van der Waals surface area contributed by atoms with Gasteiger partial charge in [0.25, 0.3) is 0 Å². The van der Waals surface area contributed by atoms with Crippen molar-refractivity contribution in [2.45, 2.75) is 12.5 Å². The van der Waals surface area contributed by atoms with Gasteiger partial charge in [0.15, 0.2) is 5.78 Å². The number of benzene rings is 1. The molecule has 5 heteroatoms. The number of hydrogen-bond acceptors (Lipinski definition) is 3. The summed E-state index contributed by atoms with van der Waals surface area (Å²) in [6.07, 6.45) is 0.366. The summed E-state index contributed by atoms with van der Waals surface area (Å²) < 4.78 is 0. The molecule has 0 saturated carbocycles. The summed E-state index contributed by atoms with van der Waals surface area (Å²) in [6.45, 7) is 0. The normalized spacial score (nSPS) is 12.1. The second-order valence-electron chi connectivity index (χ2n) is 3.47. The topological polar surface area (TPSA) is 86.2 Å². The molecule has 0 aliphatic carbocycles. The van der Waals surface area contributed by atoms with Gasteiger partial charge in [0, 0.05) is 5.56 Å². The third-order valence-electron chi connectivity index (χ3n) is 2.22. The van der Waals surface area contributed by atoms with E-state index in [0.29, 0.717) is 12.0 Å². The number of halogens is 1. The molecule has 4 N–H and O–H groups in total. The minimum atomic E-state index is -0.699. The highest BCUT2D eigenvalue weighted by molar-refractivity contribution is 6.30. The van der Waals surface area contributed by atoms with Crippen LogP contribution in [0.5, 0.6) is 0 Å². The number of amides is 1.